The van der Waals surface area contributed by atoms with Crippen LogP contribution in [0.2, 0.25) is 0 Å². The maximum Gasteiger partial charge on any atom is 0.294 e. The van der Waals surface area contributed by atoms with E-state index in [4.69, 9.17) is 0 Å². The van der Waals surface area contributed by atoms with Gasteiger partial charge in [-0.2, -0.15) is 0 Å². The Kier molecular flexibility index (Phi) is 5.09. The van der Waals surface area contributed by atoms with Crippen LogP contribution in [0, 0.1) is 6.92 Å². The number of thioether (sulfide) groups is 1. The minimum Gasteiger partial charge on any atom is -0.508 e. The van der Waals surface area contributed by atoms with Gasteiger partial charge in [-0.3, -0.25) is 19.3 Å². The fraction of sp³-hybridized carbons (Fsp3) is 0.105. The SMILES string of the molecule is Cc1ccccc1NC(=O)CN1C(=O)SC(=Cc2ccc(O)cc2)C1=O. The van der Waals surface area contributed by atoms with Gasteiger partial charge in [0, 0.05) is 5.69 Å². The number of nitrogens with zero attached hydrogens (tertiary/aromatic N) is 1. The Morgan fingerprint density at radius 3 is 2.54 bits per heavy atom. The average Bonchev–Trinajstić information content (AvgIpc) is 2.86. The highest BCUT2D eigenvalue weighted by Crippen LogP contribution is 2.32. The summed E-state index contributed by atoms with van der Waals surface area (Å²) < 4.78 is 0. The summed E-state index contributed by atoms with van der Waals surface area (Å²) in [6.07, 6.45) is 1.56. The molecule has 26 heavy (non-hydrogen) atoms. The first-order valence-electron chi connectivity index (χ1n) is 7.84. The third kappa shape index (κ3) is 3.94. The molecule has 0 unspecified atom stereocenters. The Hall–Kier alpha value is -3.06. The van der Waals surface area contributed by atoms with Crippen LogP contribution in [-0.2, 0) is 9.59 Å². The molecule has 0 atom stereocenters. The van der Waals surface area contributed by atoms with Crippen LogP contribution in [-0.4, -0.2) is 33.6 Å². The zero-order chi connectivity index (χ0) is 18.7. The number of aryl methyl sites for hydroxylation is 1. The van der Waals surface area contributed by atoms with Gasteiger partial charge in [-0.1, -0.05) is 30.3 Å². The first-order chi connectivity index (χ1) is 12.4. The molecule has 0 saturated carbocycles. The Balaban J connectivity index is 1.70. The molecule has 6 nitrogen and oxygen atoms in total. The first-order valence-corrected chi connectivity index (χ1v) is 8.65. The van der Waals surface area contributed by atoms with Gasteiger partial charge in [0.2, 0.25) is 5.91 Å². The molecule has 1 aliphatic heterocycles. The molecule has 1 aliphatic rings. The molecule has 1 heterocycles. The molecule has 0 spiro atoms. The number of hydrogen-bond donors (Lipinski definition) is 2. The average molecular weight is 368 g/mol. The van der Waals surface area contributed by atoms with E-state index in [0.29, 0.717) is 11.3 Å². The van der Waals surface area contributed by atoms with Crippen LogP contribution in [0.3, 0.4) is 0 Å². The van der Waals surface area contributed by atoms with E-state index in [1.807, 2.05) is 19.1 Å². The zero-order valence-electron chi connectivity index (χ0n) is 13.9. The predicted octanol–water partition coefficient (Wildman–Crippen LogP) is 3.38. The highest BCUT2D eigenvalue weighted by molar-refractivity contribution is 8.18. The smallest absolute Gasteiger partial charge is 0.294 e. The van der Waals surface area contributed by atoms with Crippen LogP contribution in [0.5, 0.6) is 5.75 Å². The van der Waals surface area contributed by atoms with Gasteiger partial charge in [0.05, 0.1) is 4.91 Å². The van der Waals surface area contributed by atoms with Crippen molar-refractivity contribution < 1.29 is 19.5 Å². The third-order valence-corrected chi connectivity index (χ3v) is 4.69. The van der Waals surface area contributed by atoms with Crippen LogP contribution >= 0.6 is 11.8 Å². The number of para-hydroxylation sites is 1. The van der Waals surface area contributed by atoms with Crippen LogP contribution in [0.15, 0.2) is 53.4 Å². The number of aromatic hydroxyl groups is 1. The summed E-state index contributed by atoms with van der Waals surface area (Å²) in [5.41, 5.74) is 2.21. The minimum absolute atomic E-state index is 0.114. The summed E-state index contributed by atoms with van der Waals surface area (Å²) in [5, 5.41) is 11.5. The van der Waals surface area contributed by atoms with E-state index in [0.717, 1.165) is 22.2 Å². The molecule has 1 saturated heterocycles. The summed E-state index contributed by atoms with van der Waals surface area (Å²) >= 11 is 0.788. The van der Waals surface area contributed by atoms with Gasteiger partial charge in [0.1, 0.15) is 12.3 Å². The molecule has 0 bridgehead atoms. The number of benzene rings is 2. The van der Waals surface area contributed by atoms with Gasteiger partial charge in [-0.25, -0.2) is 0 Å². The predicted molar refractivity (Wildman–Crippen MR) is 101 cm³/mol. The number of amides is 3. The van der Waals surface area contributed by atoms with Crippen molar-refractivity contribution >= 4 is 40.6 Å². The van der Waals surface area contributed by atoms with Crippen molar-refractivity contribution in [1.82, 2.24) is 4.90 Å². The van der Waals surface area contributed by atoms with E-state index in [1.54, 1.807) is 30.3 Å². The molecule has 3 rings (SSSR count). The van der Waals surface area contributed by atoms with Crippen molar-refractivity contribution in [2.24, 2.45) is 0 Å². The number of phenols is 1. The van der Waals surface area contributed by atoms with Crippen LogP contribution in [0.1, 0.15) is 11.1 Å². The maximum absolute atomic E-state index is 12.4. The number of carbonyl (C=O) groups excluding carboxylic acids is 3. The number of imide groups is 1. The summed E-state index contributed by atoms with van der Waals surface area (Å²) in [5.74, 6) is -0.830. The lowest BCUT2D eigenvalue weighted by atomic mass is 10.2. The summed E-state index contributed by atoms with van der Waals surface area (Å²) in [6, 6.07) is 13.5. The number of nitrogens with one attached hydrogen (secondary N) is 1. The van der Waals surface area contributed by atoms with E-state index < -0.39 is 17.1 Å². The number of rotatable bonds is 4. The lowest BCUT2D eigenvalue weighted by Gasteiger charge is -2.13. The van der Waals surface area contributed by atoms with Gasteiger partial charge in [0.25, 0.3) is 11.1 Å². The lowest BCUT2D eigenvalue weighted by Crippen LogP contribution is -2.36. The monoisotopic (exact) mass is 368 g/mol. The number of hydrogen-bond acceptors (Lipinski definition) is 5. The Bertz CT molecular complexity index is 906. The number of phenolic OH excluding ortho intramolecular Hbond substituents is 1. The molecule has 7 heteroatoms. The topological polar surface area (TPSA) is 86.7 Å². The summed E-state index contributed by atoms with van der Waals surface area (Å²) in [7, 11) is 0. The first kappa shape index (κ1) is 17.8. The van der Waals surface area contributed by atoms with E-state index in [2.05, 4.69) is 5.32 Å². The molecule has 0 radical (unpaired) electrons. The highest BCUT2D eigenvalue weighted by atomic mass is 32.2. The Labute approximate surface area is 154 Å². The highest BCUT2D eigenvalue weighted by Gasteiger charge is 2.36. The second kappa shape index (κ2) is 7.45. The standard InChI is InChI=1S/C19H16N2O4S/c1-12-4-2-3-5-15(12)20-17(23)11-21-18(24)16(26-19(21)25)10-13-6-8-14(22)9-7-13/h2-10,22H,11H2,1H3,(H,20,23). The van der Waals surface area contributed by atoms with E-state index in [1.165, 1.54) is 12.1 Å². The van der Waals surface area contributed by atoms with Crippen LogP contribution in [0.4, 0.5) is 10.5 Å². The fourth-order valence-corrected chi connectivity index (χ4v) is 3.24. The summed E-state index contributed by atoms with van der Waals surface area (Å²) in [4.78, 5) is 37.9. The van der Waals surface area contributed by atoms with Gasteiger partial charge in [-0.05, 0) is 54.1 Å². The Morgan fingerprint density at radius 1 is 1.15 bits per heavy atom. The Morgan fingerprint density at radius 2 is 1.85 bits per heavy atom. The van der Waals surface area contributed by atoms with Crippen LogP contribution in [0.25, 0.3) is 6.08 Å². The molecule has 0 aromatic heterocycles. The van der Waals surface area contributed by atoms with Crippen molar-refractivity contribution in [3.05, 3.63) is 64.6 Å². The van der Waals surface area contributed by atoms with Crippen LogP contribution < -0.4 is 5.32 Å². The van der Waals surface area contributed by atoms with E-state index in [9.17, 15) is 19.5 Å². The summed E-state index contributed by atoms with van der Waals surface area (Å²) in [6.45, 7) is 1.52. The lowest BCUT2D eigenvalue weighted by molar-refractivity contribution is -0.127. The quantitative estimate of drug-likeness (QED) is 0.808. The van der Waals surface area contributed by atoms with E-state index in [-0.39, 0.29) is 17.2 Å². The van der Waals surface area contributed by atoms with Gasteiger partial charge in [-0.15, -0.1) is 0 Å². The molecular weight excluding hydrogens is 352 g/mol. The molecule has 0 aliphatic carbocycles. The number of carbonyl (C=O) groups is 3. The molecule has 2 aromatic rings. The molecule has 2 aromatic carbocycles. The van der Waals surface area contributed by atoms with Crippen molar-refractivity contribution in [2.45, 2.75) is 6.92 Å². The maximum atomic E-state index is 12.4. The van der Waals surface area contributed by atoms with Crippen molar-refractivity contribution in [2.75, 3.05) is 11.9 Å². The second-order valence-electron chi connectivity index (χ2n) is 5.72. The molecule has 1 fully saturated rings. The van der Waals surface area contributed by atoms with Gasteiger partial charge < -0.3 is 10.4 Å². The molecule has 132 valence electrons. The van der Waals surface area contributed by atoms with E-state index >= 15 is 0 Å². The zero-order valence-corrected chi connectivity index (χ0v) is 14.7. The van der Waals surface area contributed by atoms with Crippen molar-refractivity contribution in [3.8, 4) is 5.75 Å². The molecule has 3 amide bonds. The van der Waals surface area contributed by atoms with Gasteiger partial charge >= 0.3 is 0 Å². The fourth-order valence-electron chi connectivity index (χ4n) is 2.40. The number of anilines is 1. The third-order valence-electron chi connectivity index (χ3n) is 3.79. The largest absolute Gasteiger partial charge is 0.508 e. The second-order valence-corrected chi connectivity index (χ2v) is 6.72. The van der Waals surface area contributed by atoms with Crippen molar-refractivity contribution in [1.29, 1.82) is 0 Å². The van der Waals surface area contributed by atoms with Gasteiger partial charge in [0.15, 0.2) is 0 Å². The molecular formula is C19H16N2O4S. The van der Waals surface area contributed by atoms with Crippen molar-refractivity contribution in [3.63, 3.8) is 0 Å². The molecule has 2 N–H and O–H groups in total. The normalized spacial score (nSPS) is 15.6. The minimum atomic E-state index is -0.506.